The first-order chi connectivity index (χ1) is 16.0. The van der Waals surface area contributed by atoms with Crippen LogP contribution in [-0.2, 0) is 4.74 Å². The molecule has 7 nitrogen and oxygen atoms in total. The third kappa shape index (κ3) is 7.78. The Bertz CT molecular complexity index is 772. The van der Waals surface area contributed by atoms with Crippen molar-refractivity contribution in [3.8, 4) is 0 Å². The second-order valence-electron chi connectivity index (χ2n) is 9.42. The van der Waals surface area contributed by atoms with Crippen molar-refractivity contribution in [3.05, 3.63) is 34.9 Å². The van der Waals surface area contributed by atoms with E-state index in [1.165, 1.54) is 32.1 Å². The van der Waals surface area contributed by atoms with Crippen LogP contribution in [0.3, 0.4) is 0 Å². The van der Waals surface area contributed by atoms with Gasteiger partial charge in [0, 0.05) is 43.7 Å². The van der Waals surface area contributed by atoms with Crippen molar-refractivity contribution < 1.29 is 14.3 Å². The number of nitrogens with one attached hydrogen (secondary N) is 3. The molecule has 2 aliphatic rings. The zero-order chi connectivity index (χ0) is 23.6. The van der Waals surface area contributed by atoms with Crippen LogP contribution in [-0.4, -0.2) is 56.8 Å². The number of piperidine rings is 1. The van der Waals surface area contributed by atoms with Crippen LogP contribution in [0.15, 0.2) is 24.3 Å². The van der Waals surface area contributed by atoms with Gasteiger partial charge in [-0.3, -0.25) is 0 Å². The number of carbonyl (C=O) groups is 2. The highest BCUT2D eigenvalue weighted by Crippen LogP contribution is 2.34. The summed E-state index contributed by atoms with van der Waals surface area (Å²) in [6, 6.07) is 7.51. The second kappa shape index (κ2) is 13.0. The van der Waals surface area contributed by atoms with Gasteiger partial charge >= 0.3 is 12.1 Å². The van der Waals surface area contributed by atoms with Gasteiger partial charge in [-0.05, 0) is 49.9 Å². The molecule has 1 aliphatic heterocycles. The number of amides is 3. The molecule has 1 aromatic carbocycles. The van der Waals surface area contributed by atoms with Crippen LogP contribution in [0.25, 0.3) is 0 Å². The van der Waals surface area contributed by atoms with E-state index in [4.69, 9.17) is 16.3 Å². The molecule has 0 bridgehead atoms. The van der Waals surface area contributed by atoms with Crippen LogP contribution in [0.2, 0.25) is 5.02 Å². The van der Waals surface area contributed by atoms with Gasteiger partial charge in [0.05, 0.1) is 0 Å². The van der Waals surface area contributed by atoms with E-state index in [-0.39, 0.29) is 18.0 Å². The van der Waals surface area contributed by atoms with Gasteiger partial charge in [-0.2, -0.15) is 0 Å². The molecule has 0 radical (unpaired) electrons. The van der Waals surface area contributed by atoms with Crippen LogP contribution in [0, 0.1) is 11.8 Å². The van der Waals surface area contributed by atoms with Crippen molar-refractivity contribution in [1.82, 2.24) is 20.9 Å². The quantitative estimate of drug-likeness (QED) is 0.505. The molecule has 0 aromatic heterocycles. The molecule has 0 spiro atoms. The number of hydrogen-bond acceptors (Lipinski definition) is 4. The lowest BCUT2D eigenvalue weighted by atomic mass is 9.85. The van der Waals surface area contributed by atoms with Gasteiger partial charge < -0.3 is 25.6 Å². The van der Waals surface area contributed by atoms with Gasteiger partial charge in [0.15, 0.2) is 0 Å². The summed E-state index contributed by atoms with van der Waals surface area (Å²) in [5.74, 6) is 0.695. The van der Waals surface area contributed by atoms with Gasteiger partial charge in [0.2, 0.25) is 0 Å². The Balaban J connectivity index is 1.65. The summed E-state index contributed by atoms with van der Waals surface area (Å²) in [7, 11) is 3.48. The number of nitrogens with zero attached hydrogens (tertiary/aromatic N) is 1. The Morgan fingerprint density at radius 3 is 2.64 bits per heavy atom. The average molecular weight is 479 g/mol. The van der Waals surface area contributed by atoms with Gasteiger partial charge in [-0.1, -0.05) is 55.8 Å². The van der Waals surface area contributed by atoms with E-state index in [0.29, 0.717) is 24.0 Å². The molecule has 1 saturated carbocycles. The van der Waals surface area contributed by atoms with Crippen molar-refractivity contribution in [1.29, 1.82) is 0 Å². The van der Waals surface area contributed by atoms with Crippen molar-refractivity contribution in [2.24, 2.45) is 11.8 Å². The predicted molar refractivity (Wildman–Crippen MR) is 131 cm³/mol. The highest BCUT2D eigenvalue weighted by Gasteiger charge is 2.33. The highest BCUT2D eigenvalue weighted by molar-refractivity contribution is 6.30. The first kappa shape index (κ1) is 25.6. The van der Waals surface area contributed by atoms with E-state index in [1.54, 1.807) is 13.1 Å². The number of benzene rings is 1. The Morgan fingerprint density at radius 2 is 1.94 bits per heavy atom. The number of carbonyl (C=O) groups excluding carboxylic acids is 2. The maximum absolute atomic E-state index is 13.2. The molecular formula is C25H39ClN4O3. The number of alkyl carbamates (subject to hydrolysis) is 1. The molecule has 3 N–H and O–H groups in total. The molecule has 8 heteroatoms. The molecular weight excluding hydrogens is 440 g/mol. The van der Waals surface area contributed by atoms with Crippen LogP contribution in [0.1, 0.15) is 63.0 Å². The van der Waals surface area contributed by atoms with Gasteiger partial charge in [-0.15, -0.1) is 0 Å². The summed E-state index contributed by atoms with van der Waals surface area (Å²) in [6.45, 7) is 2.01. The summed E-state index contributed by atoms with van der Waals surface area (Å²) < 4.78 is 5.75. The molecule has 3 rings (SSSR count). The van der Waals surface area contributed by atoms with Crippen LogP contribution in [0.4, 0.5) is 9.59 Å². The minimum Gasteiger partial charge on any atom is -0.441 e. The maximum atomic E-state index is 13.2. The van der Waals surface area contributed by atoms with Crippen molar-refractivity contribution in [2.75, 3.05) is 33.7 Å². The van der Waals surface area contributed by atoms with E-state index in [0.717, 1.165) is 31.4 Å². The summed E-state index contributed by atoms with van der Waals surface area (Å²) in [6.07, 6.45) is 8.28. The zero-order valence-electron chi connectivity index (χ0n) is 19.9. The highest BCUT2D eigenvalue weighted by atomic mass is 35.5. The topological polar surface area (TPSA) is 82.7 Å². The Hall–Kier alpha value is -1.99. The SMILES string of the molecule is CNCC(CC1CCCCC1)NC(=O)N1CCCC(C(OC(=O)NC)c2cccc(Cl)c2)C1. The van der Waals surface area contributed by atoms with Gasteiger partial charge in [0.1, 0.15) is 6.10 Å². The third-order valence-electron chi connectivity index (χ3n) is 6.91. The molecule has 33 heavy (non-hydrogen) atoms. The number of ether oxygens (including phenoxy) is 1. The van der Waals surface area contributed by atoms with E-state index in [2.05, 4.69) is 16.0 Å². The van der Waals surface area contributed by atoms with Crippen LogP contribution < -0.4 is 16.0 Å². The second-order valence-corrected chi connectivity index (χ2v) is 9.86. The predicted octanol–water partition coefficient (Wildman–Crippen LogP) is 4.72. The Morgan fingerprint density at radius 1 is 1.15 bits per heavy atom. The Labute approximate surface area is 203 Å². The summed E-state index contributed by atoms with van der Waals surface area (Å²) in [4.78, 5) is 27.2. The van der Waals surface area contributed by atoms with E-state index < -0.39 is 12.2 Å². The molecule has 1 heterocycles. The standard InChI is InChI=1S/C25H39ClN4O3/c1-27-16-22(14-18-8-4-3-5-9-18)29-24(31)30-13-7-11-20(17-30)23(33-25(32)28-2)19-10-6-12-21(26)15-19/h6,10,12,15,18,20,22-23,27H,3-5,7-9,11,13-14,16-17H2,1-2H3,(H,28,32)(H,29,31). The summed E-state index contributed by atoms with van der Waals surface area (Å²) >= 11 is 6.21. The molecule has 1 aliphatic carbocycles. The maximum Gasteiger partial charge on any atom is 0.407 e. The molecule has 2 fully saturated rings. The number of hydrogen-bond donors (Lipinski definition) is 3. The molecule has 3 unspecified atom stereocenters. The lowest BCUT2D eigenvalue weighted by molar-refractivity contribution is 0.0352. The molecule has 3 amide bonds. The minimum absolute atomic E-state index is 0.00126. The fourth-order valence-corrected chi connectivity index (χ4v) is 5.47. The first-order valence-corrected chi connectivity index (χ1v) is 12.7. The molecule has 1 saturated heterocycles. The van der Waals surface area contributed by atoms with Crippen molar-refractivity contribution in [2.45, 2.75) is 63.5 Å². The molecule has 3 atom stereocenters. The minimum atomic E-state index is -0.483. The lowest BCUT2D eigenvalue weighted by Gasteiger charge is -2.37. The third-order valence-corrected chi connectivity index (χ3v) is 7.14. The van der Waals surface area contributed by atoms with Crippen molar-refractivity contribution in [3.63, 3.8) is 0 Å². The van der Waals surface area contributed by atoms with E-state index in [9.17, 15) is 9.59 Å². The fourth-order valence-electron chi connectivity index (χ4n) is 5.27. The number of halogens is 1. The van der Waals surface area contributed by atoms with Crippen LogP contribution in [0.5, 0.6) is 0 Å². The van der Waals surface area contributed by atoms with Crippen molar-refractivity contribution >= 4 is 23.7 Å². The first-order valence-electron chi connectivity index (χ1n) is 12.3. The van der Waals surface area contributed by atoms with E-state index >= 15 is 0 Å². The monoisotopic (exact) mass is 478 g/mol. The number of rotatable bonds is 8. The smallest absolute Gasteiger partial charge is 0.407 e. The largest absolute Gasteiger partial charge is 0.441 e. The molecule has 184 valence electrons. The summed E-state index contributed by atoms with van der Waals surface area (Å²) in [5, 5.41) is 9.65. The van der Waals surface area contributed by atoms with Crippen LogP contribution >= 0.6 is 11.6 Å². The number of likely N-dealkylation sites (tertiary alicyclic amines) is 1. The zero-order valence-corrected chi connectivity index (χ0v) is 20.7. The molecule has 1 aromatic rings. The van der Waals surface area contributed by atoms with E-state index in [1.807, 2.05) is 30.1 Å². The fraction of sp³-hybridized carbons (Fsp3) is 0.680. The lowest BCUT2D eigenvalue weighted by Crippen LogP contribution is -2.52. The number of urea groups is 1. The Kier molecular flexibility index (Phi) is 10.1. The van der Waals surface area contributed by atoms with Gasteiger partial charge in [-0.25, -0.2) is 9.59 Å². The normalized spacial score (nSPS) is 21.2. The number of likely N-dealkylation sites (N-methyl/N-ethyl adjacent to an activating group) is 1. The van der Waals surface area contributed by atoms with Gasteiger partial charge in [0.25, 0.3) is 0 Å². The average Bonchev–Trinajstić information content (AvgIpc) is 2.83. The summed E-state index contributed by atoms with van der Waals surface area (Å²) in [5.41, 5.74) is 0.851.